The molecule has 0 bridgehead atoms. The lowest BCUT2D eigenvalue weighted by Gasteiger charge is -2.41. The number of nitrogens with zero attached hydrogens (tertiary/aromatic N) is 3. The molecule has 5 aromatic rings. The molecule has 0 saturated carbocycles. The molecule has 2 aliphatic heterocycles. The van der Waals surface area contributed by atoms with Gasteiger partial charge in [-0.05, 0) is 51.6 Å². The number of alkyl carbamates (subject to hydrolysis) is 1. The molecule has 0 aliphatic carbocycles. The van der Waals surface area contributed by atoms with Crippen molar-refractivity contribution in [1.82, 2.24) is 20.2 Å². The van der Waals surface area contributed by atoms with E-state index in [1.54, 1.807) is 18.5 Å². The smallest absolute Gasteiger partial charge is 0.408 e. The molecule has 4 aromatic carbocycles. The molecule has 0 radical (unpaired) electrons. The number of likely N-dealkylation sites (tertiary alicyclic amines) is 1. The monoisotopic (exact) mass is 744 g/mol. The van der Waals surface area contributed by atoms with E-state index in [0.29, 0.717) is 10.9 Å². The van der Waals surface area contributed by atoms with Gasteiger partial charge in [-0.15, -0.1) is 0 Å². The van der Waals surface area contributed by atoms with Gasteiger partial charge in [-0.1, -0.05) is 110 Å². The molecule has 11 nitrogen and oxygen atoms in total. The molecule has 2 saturated heterocycles. The van der Waals surface area contributed by atoms with Gasteiger partial charge in [0.1, 0.15) is 12.6 Å². The van der Waals surface area contributed by atoms with Crippen LogP contribution in [0.2, 0.25) is 0 Å². The maximum Gasteiger partial charge on any atom is 0.408 e. The van der Waals surface area contributed by atoms with E-state index < -0.39 is 24.3 Å². The highest BCUT2D eigenvalue weighted by Gasteiger charge is 2.40. The third-order valence-electron chi connectivity index (χ3n) is 9.55. The van der Waals surface area contributed by atoms with Crippen LogP contribution >= 0.6 is 11.8 Å². The number of imide groups is 1. The summed E-state index contributed by atoms with van der Waals surface area (Å²) >= 11 is 1.54. The van der Waals surface area contributed by atoms with Gasteiger partial charge in [-0.2, -0.15) is 0 Å². The Hall–Kier alpha value is -5.40. The van der Waals surface area contributed by atoms with Crippen molar-refractivity contribution < 1.29 is 33.7 Å². The number of rotatable bonds is 12. The lowest BCUT2D eigenvalue weighted by molar-refractivity contribution is -0.268. The fraction of sp³-hybridized carbons (Fsp3) is 0.262. The van der Waals surface area contributed by atoms with Crippen LogP contribution in [-0.2, 0) is 43.6 Å². The summed E-state index contributed by atoms with van der Waals surface area (Å²) in [7, 11) is 0. The van der Waals surface area contributed by atoms with Gasteiger partial charge in [0.25, 0.3) is 5.91 Å². The molecule has 5 atom stereocenters. The van der Waals surface area contributed by atoms with E-state index in [2.05, 4.69) is 22.2 Å². The Labute approximate surface area is 317 Å². The number of ether oxygens (including phenoxy) is 3. The lowest BCUT2D eigenvalue weighted by atomic mass is 9.91. The van der Waals surface area contributed by atoms with Crippen molar-refractivity contribution in [3.63, 3.8) is 0 Å². The number of carbonyl (C=O) groups excluding carboxylic acids is 3. The number of aliphatic hydroxyl groups is 1. The van der Waals surface area contributed by atoms with Crippen molar-refractivity contribution in [3.05, 3.63) is 149 Å². The predicted octanol–water partition coefficient (Wildman–Crippen LogP) is 6.77. The Bertz CT molecular complexity index is 2070. The molecule has 0 spiro atoms. The van der Waals surface area contributed by atoms with Crippen LogP contribution in [0.5, 0.6) is 0 Å². The van der Waals surface area contributed by atoms with Gasteiger partial charge in [-0.25, -0.2) is 14.8 Å². The first-order chi connectivity index (χ1) is 26.3. The third-order valence-corrected chi connectivity index (χ3v) is 10.5. The number of carbonyl (C=O) groups is 3. The number of thioether (sulfide) groups is 1. The summed E-state index contributed by atoms with van der Waals surface area (Å²) in [6, 6.07) is 33.4. The van der Waals surface area contributed by atoms with Crippen molar-refractivity contribution in [2.75, 3.05) is 5.75 Å². The van der Waals surface area contributed by atoms with Gasteiger partial charge in [0, 0.05) is 29.6 Å². The molecule has 12 heteroatoms. The van der Waals surface area contributed by atoms with E-state index in [-0.39, 0.29) is 50.2 Å². The maximum absolute atomic E-state index is 13.2. The van der Waals surface area contributed by atoms with Crippen molar-refractivity contribution in [2.24, 2.45) is 5.92 Å². The van der Waals surface area contributed by atoms with Gasteiger partial charge < -0.3 is 24.6 Å². The molecule has 2 aliphatic rings. The van der Waals surface area contributed by atoms with Crippen LogP contribution in [0.3, 0.4) is 0 Å². The number of benzene rings is 4. The standard InChI is InChI=1S/C42H40N4O7S/c1-27-36(26-54-41-43-18-7-19-44-41)52-40(53-38(27)31-16-14-28(24-47)15-17-31)34-13-6-12-33(21-34)32-11-5-10-30(20-32)23-46-37(48)22-35(39(46)49)45-42(50)51-25-29-8-3-2-4-9-29/h2-21,27,35-36,38,40,47H,22-26H2,1H3,(H,45,50)/t27-,35?,36+,38+,40+/m0/s1. The van der Waals surface area contributed by atoms with Crippen molar-refractivity contribution in [2.45, 2.75) is 62.8 Å². The van der Waals surface area contributed by atoms with Crippen LogP contribution in [-0.4, -0.2) is 55.8 Å². The summed E-state index contributed by atoms with van der Waals surface area (Å²) in [5.74, 6) is -0.217. The summed E-state index contributed by atoms with van der Waals surface area (Å²) in [5, 5.41) is 12.8. The minimum Gasteiger partial charge on any atom is -0.445 e. The van der Waals surface area contributed by atoms with E-state index in [9.17, 15) is 19.5 Å². The molecular weight excluding hydrogens is 705 g/mol. The van der Waals surface area contributed by atoms with Crippen LogP contribution in [0.4, 0.5) is 4.79 Å². The van der Waals surface area contributed by atoms with Crippen molar-refractivity contribution in [3.8, 4) is 11.1 Å². The first kappa shape index (κ1) is 36.9. The fourth-order valence-corrected chi connectivity index (χ4v) is 7.56. The largest absolute Gasteiger partial charge is 0.445 e. The zero-order valence-electron chi connectivity index (χ0n) is 29.6. The zero-order chi connectivity index (χ0) is 37.4. The number of amides is 3. The van der Waals surface area contributed by atoms with E-state index >= 15 is 0 Å². The Morgan fingerprint density at radius 1 is 0.852 bits per heavy atom. The van der Waals surface area contributed by atoms with Crippen LogP contribution in [0.15, 0.2) is 127 Å². The second-order valence-corrected chi connectivity index (χ2v) is 14.3. The summed E-state index contributed by atoms with van der Waals surface area (Å²) < 4.78 is 18.6. The highest BCUT2D eigenvalue weighted by molar-refractivity contribution is 7.99. The van der Waals surface area contributed by atoms with Gasteiger partial charge >= 0.3 is 6.09 Å². The number of aliphatic hydroxyl groups excluding tert-OH is 1. The molecule has 1 unspecified atom stereocenters. The predicted molar refractivity (Wildman–Crippen MR) is 201 cm³/mol. The van der Waals surface area contributed by atoms with Gasteiger partial charge in [0.2, 0.25) is 5.91 Å². The lowest BCUT2D eigenvalue weighted by Crippen LogP contribution is -2.41. The number of nitrogens with one attached hydrogen (secondary N) is 1. The molecule has 3 heterocycles. The van der Waals surface area contributed by atoms with Gasteiger partial charge in [0.05, 0.1) is 31.8 Å². The summed E-state index contributed by atoms with van der Waals surface area (Å²) in [6.07, 6.45) is 1.43. The number of aromatic nitrogens is 2. The van der Waals surface area contributed by atoms with Crippen LogP contribution in [0.25, 0.3) is 11.1 Å². The SMILES string of the molecule is C[C@H]1[C@@H](CSc2ncccn2)O[C@@H](c2cccc(-c3cccc(CN4C(=O)CC(NC(=O)OCc5ccccc5)C4=O)c3)c2)O[C@H]1c1ccc(CO)cc1. The Balaban J connectivity index is 1.05. The van der Waals surface area contributed by atoms with Crippen LogP contribution < -0.4 is 5.32 Å². The highest BCUT2D eigenvalue weighted by Crippen LogP contribution is 2.43. The molecular formula is C42H40N4O7S. The van der Waals surface area contributed by atoms with Crippen LogP contribution in [0.1, 0.15) is 53.6 Å². The molecule has 54 heavy (non-hydrogen) atoms. The summed E-state index contributed by atoms with van der Waals surface area (Å²) in [5.41, 5.74) is 6.04. The van der Waals surface area contributed by atoms with E-state index in [1.165, 1.54) is 16.7 Å². The molecule has 2 N–H and O–H groups in total. The van der Waals surface area contributed by atoms with E-state index in [0.717, 1.165) is 38.9 Å². The van der Waals surface area contributed by atoms with Gasteiger partial charge in [0.15, 0.2) is 11.4 Å². The average Bonchev–Trinajstić information content (AvgIpc) is 3.47. The normalized spacial score (nSPS) is 21.2. The molecule has 276 valence electrons. The fourth-order valence-electron chi connectivity index (χ4n) is 6.59. The quantitative estimate of drug-likeness (QED) is 0.0799. The Morgan fingerprint density at radius 3 is 2.33 bits per heavy atom. The number of hydrogen-bond donors (Lipinski definition) is 2. The average molecular weight is 745 g/mol. The number of hydrogen-bond acceptors (Lipinski definition) is 10. The molecule has 3 amide bonds. The minimum atomic E-state index is -0.988. The van der Waals surface area contributed by atoms with Crippen LogP contribution in [0, 0.1) is 5.92 Å². The topological polar surface area (TPSA) is 140 Å². The second-order valence-electron chi connectivity index (χ2n) is 13.3. The van der Waals surface area contributed by atoms with E-state index in [1.807, 2.05) is 103 Å². The van der Waals surface area contributed by atoms with Crippen molar-refractivity contribution >= 4 is 29.7 Å². The van der Waals surface area contributed by atoms with Gasteiger partial charge in [-0.3, -0.25) is 14.5 Å². The first-order valence-corrected chi connectivity index (χ1v) is 18.7. The maximum atomic E-state index is 13.2. The third kappa shape index (κ3) is 8.86. The molecule has 7 rings (SSSR count). The Morgan fingerprint density at radius 2 is 1.57 bits per heavy atom. The van der Waals surface area contributed by atoms with E-state index in [4.69, 9.17) is 14.2 Å². The zero-order valence-corrected chi connectivity index (χ0v) is 30.4. The summed E-state index contributed by atoms with van der Waals surface area (Å²) in [6.45, 7) is 2.20. The molecule has 1 aromatic heterocycles. The van der Waals surface area contributed by atoms with Crippen molar-refractivity contribution in [1.29, 1.82) is 0 Å². The first-order valence-electron chi connectivity index (χ1n) is 17.8. The second kappa shape index (κ2) is 17.2. The minimum absolute atomic E-state index is 0.00282. The molecule has 2 fully saturated rings. The summed E-state index contributed by atoms with van der Waals surface area (Å²) in [4.78, 5) is 48.5. The highest BCUT2D eigenvalue weighted by atomic mass is 32.2. The Kier molecular flexibility index (Phi) is 11.7.